The maximum atomic E-state index is 12.7. The predicted molar refractivity (Wildman–Crippen MR) is 107 cm³/mol. The molecule has 0 spiro atoms. The van der Waals surface area contributed by atoms with Gasteiger partial charge in [0.1, 0.15) is 12.1 Å². The molecule has 13 heteroatoms. The van der Waals surface area contributed by atoms with E-state index in [1.807, 2.05) is 0 Å². The number of nitrogens with one attached hydrogen (secondary N) is 2. The summed E-state index contributed by atoms with van der Waals surface area (Å²) in [6.07, 6.45) is 0.119. The highest BCUT2D eigenvalue weighted by Gasteiger charge is 2.36. The van der Waals surface area contributed by atoms with Crippen molar-refractivity contribution in [3.63, 3.8) is 0 Å². The summed E-state index contributed by atoms with van der Waals surface area (Å²) < 4.78 is 0. The summed E-state index contributed by atoms with van der Waals surface area (Å²) in [4.78, 5) is 53.7. The van der Waals surface area contributed by atoms with Gasteiger partial charge in [0, 0.05) is 13.1 Å². The van der Waals surface area contributed by atoms with E-state index in [1.54, 1.807) is 0 Å². The lowest BCUT2D eigenvalue weighted by Gasteiger charge is -2.27. The number of carbonyl (C=O) groups is 4. The van der Waals surface area contributed by atoms with Crippen LogP contribution in [0.3, 0.4) is 0 Å². The van der Waals surface area contributed by atoms with Crippen molar-refractivity contribution in [2.45, 2.75) is 56.8 Å². The molecule has 3 amide bonds. The van der Waals surface area contributed by atoms with Gasteiger partial charge in [0.2, 0.25) is 17.7 Å². The highest BCUT2D eigenvalue weighted by Crippen LogP contribution is 2.17. The summed E-state index contributed by atoms with van der Waals surface area (Å²) in [5.74, 6) is -3.24. The van der Waals surface area contributed by atoms with Gasteiger partial charge in [-0.25, -0.2) is 4.79 Å². The summed E-state index contributed by atoms with van der Waals surface area (Å²) in [5, 5.41) is 23.5. The molecule has 1 saturated heterocycles. The van der Waals surface area contributed by atoms with Crippen LogP contribution in [-0.2, 0) is 19.2 Å². The number of amides is 3. The number of aliphatic carboxylic acids is 1. The number of rotatable bonds is 11. The fourth-order valence-corrected chi connectivity index (χ4v) is 3.14. The Morgan fingerprint density at radius 1 is 1.23 bits per heavy atom. The number of aliphatic hydroxyl groups excluding tert-OH is 1. The van der Waals surface area contributed by atoms with Gasteiger partial charge in [-0.3, -0.25) is 19.4 Å². The van der Waals surface area contributed by atoms with E-state index in [1.165, 1.54) is 11.8 Å². The maximum Gasteiger partial charge on any atom is 0.328 e. The second-order valence-electron chi connectivity index (χ2n) is 7.02. The Bertz CT molecular complexity index is 665. The Hall–Kier alpha value is -2.93. The number of carboxylic acid groups (broad SMARTS) is 1. The van der Waals surface area contributed by atoms with Crippen LogP contribution in [0, 0.1) is 0 Å². The molecule has 0 aromatic rings. The highest BCUT2D eigenvalue weighted by atomic mass is 16.4. The molecule has 1 heterocycles. The van der Waals surface area contributed by atoms with Crippen LogP contribution in [0.25, 0.3) is 0 Å². The van der Waals surface area contributed by atoms with Gasteiger partial charge in [-0.15, -0.1) is 0 Å². The number of aliphatic hydroxyl groups is 1. The van der Waals surface area contributed by atoms with E-state index in [9.17, 15) is 24.3 Å². The Morgan fingerprint density at radius 2 is 1.90 bits per heavy atom. The molecule has 1 aliphatic rings. The highest BCUT2D eigenvalue weighted by molar-refractivity contribution is 5.94. The molecule has 1 aliphatic heterocycles. The molecule has 1 rings (SSSR count). The number of nitrogens with zero attached hydrogens (tertiary/aromatic N) is 2. The Kier molecular flexibility index (Phi) is 9.98. The van der Waals surface area contributed by atoms with Crippen LogP contribution in [0.4, 0.5) is 0 Å². The summed E-state index contributed by atoms with van der Waals surface area (Å²) in [7, 11) is 0. The zero-order valence-electron chi connectivity index (χ0n) is 16.9. The molecule has 4 unspecified atom stereocenters. The van der Waals surface area contributed by atoms with Crippen LogP contribution < -0.4 is 27.8 Å². The number of carboxylic acids is 1. The first-order valence-corrected chi connectivity index (χ1v) is 9.65. The van der Waals surface area contributed by atoms with E-state index in [0.29, 0.717) is 25.8 Å². The minimum atomic E-state index is -1.54. The normalized spacial score (nSPS) is 18.8. The van der Waals surface area contributed by atoms with Crippen LogP contribution in [0.5, 0.6) is 0 Å². The zero-order chi connectivity index (χ0) is 22.8. The fourth-order valence-electron chi connectivity index (χ4n) is 3.14. The maximum absolute atomic E-state index is 12.7. The SMILES string of the molecule is CC(O)C(NC(=O)C(CCCN=C(N)N)NC(=O)C1CCCN1C(=O)CN)C(=O)O. The van der Waals surface area contributed by atoms with Gasteiger partial charge in [0.25, 0.3) is 0 Å². The summed E-state index contributed by atoms with van der Waals surface area (Å²) in [6.45, 7) is 1.57. The van der Waals surface area contributed by atoms with E-state index >= 15 is 0 Å². The van der Waals surface area contributed by atoms with Gasteiger partial charge < -0.3 is 42.9 Å². The third-order valence-corrected chi connectivity index (χ3v) is 4.67. The van der Waals surface area contributed by atoms with Crippen LogP contribution in [0.2, 0.25) is 0 Å². The molecule has 4 atom stereocenters. The third kappa shape index (κ3) is 7.48. The van der Waals surface area contributed by atoms with Crippen LogP contribution in [0.1, 0.15) is 32.6 Å². The van der Waals surface area contributed by atoms with Crippen molar-refractivity contribution in [1.82, 2.24) is 15.5 Å². The van der Waals surface area contributed by atoms with E-state index < -0.39 is 42.0 Å². The lowest BCUT2D eigenvalue weighted by molar-refractivity contribution is -0.145. The number of carbonyl (C=O) groups excluding carboxylic acids is 3. The average molecular weight is 429 g/mol. The average Bonchev–Trinajstić information content (AvgIpc) is 3.16. The molecular weight excluding hydrogens is 398 g/mol. The monoisotopic (exact) mass is 429 g/mol. The van der Waals surface area contributed by atoms with Gasteiger partial charge in [0.15, 0.2) is 12.0 Å². The van der Waals surface area contributed by atoms with Crippen molar-refractivity contribution in [3.05, 3.63) is 0 Å². The van der Waals surface area contributed by atoms with Gasteiger partial charge >= 0.3 is 5.97 Å². The van der Waals surface area contributed by atoms with Gasteiger partial charge in [-0.1, -0.05) is 0 Å². The molecule has 10 N–H and O–H groups in total. The van der Waals surface area contributed by atoms with Crippen LogP contribution in [-0.4, -0.2) is 88.6 Å². The van der Waals surface area contributed by atoms with Crippen LogP contribution in [0.15, 0.2) is 4.99 Å². The number of nitrogens with two attached hydrogens (primary N) is 3. The molecule has 1 fully saturated rings. The zero-order valence-corrected chi connectivity index (χ0v) is 16.9. The van der Waals surface area contributed by atoms with Gasteiger partial charge in [-0.2, -0.15) is 0 Å². The smallest absolute Gasteiger partial charge is 0.328 e. The summed E-state index contributed by atoms with van der Waals surface area (Å²) >= 11 is 0. The van der Waals surface area contributed by atoms with E-state index in [0.717, 1.165) is 0 Å². The molecular formula is C17H31N7O6. The molecule has 0 aliphatic carbocycles. The molecule has 0 bridgehead atoms. The lowest BCUT2D eigenvalue weighted by atomic mass is 10.1. The van der Waals surface area contributed by atoms with E-state index in [2.05, 4.69) is 15.6 Å². The first-order valence-electron chi connectivity index (χ1n) is 9.65. The largest absolute Gasteiger partial charge is 0.480 e. The topological polar surface area (TPSA) is 226 Å². The quantitative estimate of drug-likeness (QED) is 0.0977. The summed E-state index contributed by atoms with van der Waals surface area (Å²) in [6, 6.07) is -3.42. The number of hydrogen-bond acceptors (Lipinski definition) is 7. The minimum Gasteiger partial charge on any atom is -0.480 e. The van der Waals surface area contributed by atoms with Gasteiger partial charge in [-0.05, 0) is 32.6 Å². The molecule has 0 aromatic heterocycles. The first-order chi connectivity index (χ1) is 14.1. The predicted octanol–water partition coefficient (Wildman–Crippen LogP) is -3.58. The van der Waals surface area contributed by atoms with Crippen molar-refractivity contribution in [3.8, 4) is 0 Å². The van der Waals surface area contributed by atoms with Crippen LogP contribution >= 0.6 is 0 Å². The van der Waals surface area contributed by atoms with E-state index in [4.69, 9.17) is 22.3 Å². The molecule has 30 heavy (non-hydrogen) atoms. The number of likely N-dealkylation sites (tertiary alicyclic amines) is 1. The second-order valence-corrected chi connectivity index (χ2v) is 7.02. The molecule has 13 nitrogen and oxygen atoms in total. The molecule has 170 valence electrons. The molecule has 0 aromatic carbocycles. The molecule has 0 saturated carbocycles. The second kappa shape index (κ2) is 11.9. The van der Waals surface area contributed by atoms with Gasteiger partial charge in [0.05, 0.1) is 12.6 Å². The lowest BCUT2D eigenvalue weighted by Crippen LogP contribution is -2.57. The van der Waals surface area contributed by atoms with E-state index in [-0.39, 0.29) is 31.4 Å². The molecule has 0 radical (unpaired) electrons. The third-order valence-electron chi connectivity index (χ3n) is 4.67. The Morgan fingerprint density at radius 3 is 2.43 bits per heavy atom. The van der Waals surface area contributed by atoms with Crippen molar-refractivity contribution in [2.24, 2.45) is 22.2 Å². The number of hydrogen-bond donors (Lipinski definition) is 7. The standard InChI is InChI=1S/C17H31N7O6/c1-9(25)13(16(29)30)23-14(27)10(4-2-6-21-17(19)20)22-15(28)11-5-3-7-24(11)12(26)8-18/h9-11,13,25H,2-8,18H2,1H3,(H,22,28)(H,23,27)(H,29,30)(H4,19,20,21). The van der Waals surface area contributed by atoms with Crippen molar-refractivity contribution < 1.29 is 29.4 Å². The summed E-state index contributed by atoms with van der Waals surface area (Å²) in [5.41, 5.74) is 15.9. The fraction of sp³-hybridized carbons (Fsp3) is 0.706. The number of aliphatic imine (C=N–C) groups is 1. The Labute approximate surface area is 174 Å². The first kappa shape index (κ1) is 25.1. The van der Waals surface area contributed by atoms with Crippen molar-refractivity contribution >= 4 is 29.7 Å². The Balaban J connectivity index is 2.89. The van der Waals surface area contributed by atoms with Crippen molar-refractivity contribution in [2.75, 3.05) is 19.6 Å². The number of guanidine groups is 1. The van der Waals surface area contributed by atoms with Crippen molar-refractivity contribution in [1.29, 1.82) is 0 Å². The minimum absolute atomic E-state index is 0.109.